The van der Waals surface area contributed by atoms with Gasteiger partial charge in [0.05, 0.1) is 0 Å². The first-order valence-corrected chi connectivity index (χ1v) is 13.2. The fraction of sp³-hybridized carbons (Fsp3) is 0.344. The minimum atomic E-state index is 0.0846. The van der Waals surface area contributed by atoms with E-state index in [1.807, 2.05) is 0 Å². The van der Waals surface area contributed by atoms with Crippen LogP contribution in [0.2, 0.25) is 0 Å². The Morgan fingerprint density at radius 2 is 1.63 bits per heavy atom. The van der Waals surface area contributed by atoms with Gasteiger partial charge in [0, 0.05) is 24.1 Å². The van der Waals surface area contributed by atoms with Gasteiger partial charge in [-0.3, -0.25) is 4.79 Å². The molecule has 1 amide bonds. The van der Waals surface area contributed by atoms with Gasteiger partial charge >= 0.3 is 0 Å². The van der Waals surface area contributed by atoms with Gasteiger partial charge in [-0.25, -0.2) is 0 Å². The normalized spacial score (nSPS) is 21.5. The van der Waals surface area contributed by atoms with Crippen LogP contribution in [0.4, 0.5) is 0 Å². The molecule has 2 aliphatic heterocycles. The fourth-order valence-corrected chi connectivity index (χ4v) is 6.56. The Bertz CT molecular complexity index is 1260. The van der Waals surface area contributed by atoms with Crippen molar-refractivity contribution in [3.8, 4) is 0 Å². The molecule has 0 radical (unpaired) electrons. The minimum Gasteiger partial charge on any atom is -0.358 e. The van der Waals surface area contributed by atoms with Crippen molar-refractivity contribution in [3.05, 3.63) is 113 Å². The van der Waals surface area contributed by atoms with Crippen molar-refractivity contribution >= 4 is 11.5 Å². The van der Waals surface area contributed by atoms with Crippen molar-refractivity contribution in [1.29, 1.82) is 0 Å². The minimum absolute atomic E-state index is 0.0846. The molecule has 35 heavy (non-hydrogen) atoms. The Hall–Kier alpha value is -3.33. The van der Waals surface area contributed by atoms with E-state index in [0.717, 1.165) is 81.4 Å². The number of carbonyl (C=O) groups is 1. The van der Waals surface area contributed by atoms with Gasteiger partial charge in [-0.1, -0.05) is 67.3 Å². The standard InChI is InChI=1S/C32H34N2O/c1-23-21-30(33-31(35)28-13-6-5-11-26(23)28)34-19-17-32(18-20-34)16-15-25(22-24-9-3-2-4-10-24)27-12-7-8-14-29(27)32/h2-4,7-10,12,14-15,21H,1,5-6,11,13,16-20,22H2,(H,33,35). The molecule has 1 N–H and O–H groups in total. The average Bonchev–Trinajstić information content (AvgIpc) is 3.03. The number of hydrogen-bond acceptors (Lipinski definition) is 2. The molecule has 3 nitrogen and oxygen atoms in total. The van der Waals surface area contributed by atoms with Gasteiger partial charge in [0.15, 0.2) is 0 Å². The smallest absolute Gasteiger partial charge is 0.252 e. The number of fused-ring (bicyclic) bond motifs is 2. The van der Waals surface area contributed by atoms with Crippen LogP contribution >= 0.6 is 0 Å². The molecule has 2 aromatic carbocycles. The summed E-state index contributed by atoms with van der Waals surface area (Å²) in [4.78, 5) is 15.4. The number of carbonyl (C=O) groups excluding carboxylic acids is 1. The van der Waals surface area contributed by atoms with Crippen molar-refractivity contribution in [1.82, 2.24) is 10.2 Å². The third kappa shape index (κ3) is 4.07. The second-order valence-corrected chi connectivity index (χ2v) is 10.6. The molecule has 4 aliphatic rings. The lowest BCUT2D eigenvalue weighted by Crippen LogP contribution is -2.46. The van der Waals surface area contributed by atoms with Gasteiger partial charge in [-0.05, 0) is 90.9 Å². The molecule has 0 atom stereocenters. The van der Waals surface area contributed by atoms with Crippen molar-refractivity contribution < 1.29 is 4.79 Å². The van der Waals surface area contributed by atoms with E-state index in [0.29, 0.717) is 0 Å². The lowest BCUT2D eigenvalue weighted by atomic mass is 9.65. The van der Waals surface area contributed by atoms with Crippen LogP contribution in [0.1, 0.15) is 61.6 Å². The maximum absolute atomic E-state index is 13.0. The highest BCUT2D eigenvalue weighted by Gasteiger charge is 2.40. The summed E-state index contributed by atoms with van der Waals surface area (Å²) in [6.07, 6.45) is 13.0. The highest BCUT2D eigenvalue weighted by molar-refractivity contribution is 5.97. The van der Waals surface area contributed by atoms with Crippen LogP contribution in [-0.4, -0.2) is 23.9 Å². The Balaban J connectivity index is 1.21. The number of likely N-dealkylation sites (tertiary alicyclic amines) is 1. The Kier molecular flexibility index (Phi) is 5.72. The number of nitrogens with one attached hydrogen (secondary N) is 1. The molecule has 2 aliphatic carbocycles. The van der Waals surface area contributed by atoms with Crippen molar-refractivity contribution in [2.24, 2.45) is 0 Å². The van der Waals surface area contributed by atoms with Crippen LogP contribution in [0.3, 0.4) is 0 Å². The molecular weight excluding hydrogens is 428 g/mol. The van der Waals surface area contributed by atoms with Crippen LogP contribution in [0.5, 0.6) is 0 Å². The zero-order valence-corrected chi connectivity index (χ0v) is 20.5. The summed E-state index contributed by atoms with van der Waals surface area (Å²) in [5.41, 5.74) is 9.07. The second-order valence-electron chi connectivity index (χ2n) is 10.6. The van der Waals surface area contributed by atoms with Gasteiger partial charge < -0.3 is 10.2 Å². The van der Waals surface area contributed by atoms with Gasteiger partial charge in [-0.15, -0.1) is 0 Å². The van der Waals surface area contributed by atoms with Crippen molar-refractivity contribution in [3.63, 3.8) is 0 Å². The van der Waals surface area contributed by atoms with Gasteiger partial charge in [-0.2, -0.15) is 0 Å². The molecule has 1 fully saturated rings. The first-order valence-electron chi connectivity index (χ1n) is 13.2. The molecule has 2 heterocycles. The predicted octanol–water partition coefficient (Wildman–Crippen LogP) is 6.45. The van der Waals surface area contributed by atoms with Crippen molar-refractivity contribution in [2.45, 2.75) is 56.8 Å². The summed E-state index contributed by atoms with van der Waals surface area (Å²) in [6.45, 7) is 6.22. The van der Waals surface area contributed by atoms with Crippen LogP contribution in [0.15, 0.2) is 95.9 Å². The molecule has 0 bridgehead atoms. The fourth-order valence-electron chi connectivity index (χ4n) is 6.56. The third-order valence-corrected chi connectivity index (χ3v) is 8.56. The number of rotatable bonds is 3. The third-order valence-electron chi connectivity index (χ3n) is 8.56. The maximum Gasteiger partial charge on any atom is 0.252 e. The molecule has 2 aromatic rings. The van der Waals surface area contributed by atoms with Crippen LogP contribution in [0, 0.1) is 0 Å². The summed E-state index contributed by atoms with van der Waals surface area (Å²) in [5.74, 6) is 1.02. The number of hydrogen-bond donors (Lipinski definition) is 1. The first-order chi connectivity index (χ1) is 17.1. The predicted molar refractivity (Wildman–Crippen MR) is 143 cm³/mol. The van der Waals surface area contributed by atoms with E-state index in [4.69, 9.17) is 0 Å². The number of benzene rings is 2. The van der Waals surface area contributed by atoms with E-state index >= 15 is 0 Å². The molecule has 3 heteroatoms. The molecule has 0 saturated carbocycles. The summed E-state index contributed by atoms with van der Waals surface area (Å²) in [5, 5.41) is 3.24. The molecule has 0 unspecified atom stereocenters. The van der Waals surface area contributed by atoms with Crippen LogP contribution in [0.25, 0.3) is 5.57 Å². The van der Waals surface area contributed by atoms with E-state index in [1.165, 1.54) is 27.8 Å². The number of nitrogens with zero attached hydrogens (tertiary/aromatic N) is 1. The van der Waals surface area contributed by atoms with Crippen LogP contribution < -0.4 is 5.32 Å². The SMILES string of the molecule is C=C1C=C(N2CCC3(CC=C(Cc4ccccc4)c4ccccc43)CC2)NC(=O)C2=C1CCCC2. The monoisotopic (exact) mass is 462 g/mol. The maximum atomic E-state index is 13.0. The number of piperidine rings is 1. The van der Waals surface area contributed by atoms with Gasteiger partial charge in [0.2, 0.25) is 0 Å². The zero-order chi connectivity index (χ0) is 23.8. The van der Waals surface area contributed by atoms with Crippen LogP contribution in [-0.2, 0) is 16.6 Å². The molecule has 6 rings (SSSR count). The van der Waals surface area contributed by atoms with E-state index in [-0.39, 0.29) is 11.3 Å². The molecular formula is C32H34N2O. The summed E-state index contributed by atoms with van der Waals surface area (Å²) in [6, 6.07) is 19.8. The molecule has 0 aromatic heterocycles. The largest absolute Gasteiger partial charge is 0.358 e. The van der Waals surface area contributed by atoms with E-state index < -0.39 is 0 Å². The Labute approximate surface area is 208 Å². The van der Waals surface area contributed by atoms with Crippen molar-refractivity contribution in [2.75, 3.05) is 13.1 Å². The van der Waals surface area contributed by atoms with E-state index in [9.17, 15) is 4.79 Å². The Morgan fingerprint density at radius 3 is 2.43 bits per heavy atom. The highest BCUT2D eigenvalue weighted by atomic mass is 16.1. The number of allylic oxidation sites excluding steroid dienone is 5. The van der Waals surface area contributed by atoms with E-state index in [1.54, 1.807) is 0 Å². The second kappa shape index (κ2) is 9.03. The lowest BCUT2D eigenvalue weighted by Gasteiger charge is -2.46. The molecule has 1 saturated heterocycles. The summed E-state index contributed by atoms with van der Waals surface area (Å²) in [7, 11) is 0. The molecule has 1 spiro atoms. The summed E-state index contributed by atoms with van der Waals surface area (Å²) < 4.78 is 0. The number of amides is 1. The topological polar surface area (TPSA) is 32.3 Å². The van der Waals surface area contributed by atoms with Gasteiger partial charge in [0.1, 0.15) is 5.82 Å². The highest BCUT2D eigenvalue weighted by Crippen LogP contribution is 2.47. The zero-order valence-electron chi connectivity index (χ0n) is 20.5. The first kappa shape index (κ1) is 22.2. The average molecular weight is 463 g/mol. The molecule has 178 valence electrons. The lowest BCUT2D eigenvalue weighted by molar-refractivity contribution is -0.117. The van der Waals surface area contributed by atoms with E-state index in [2.05, 4.69) is 83.5 Å². The quantitative estimate of drug-likeness (QED) is 0.569. The summed E-state index contributed by atoms with van der Waals surface area (Å²) >= 11 is 0. The van der Waals surface area contributed by atoms with Gasteiger partial charge in [0.25, 0.3) is 5.91 Å². The Morgan fingerprint density at radius 1 is 0.914 bits per heavy atom.